The molecule has 0 aliphatic carbocycles. The molecular formula is C8H10N2O4. The minimum absolute atomic E-state index is 0.192. The third-order valence-electron chi connectivity index (χ3n) is 2.32. The first kappa shape index (κ1) is 9.01. The SMILES string of the molecule is NC/C=C1\O[C@@H]2CC(=O)N2[C@H]1C(=O)O. The lowest BCUT2D eigenvalue weighted by molar-refractivity contribution is -0.163. The highest BCUT2D eigenvalue weighted by molar-refractivity contribution is 5.91. The average Bonchev–Trinajstić information content (AvgIpc) is 2.39. The molecule has 0 aromatic heterocycles. The van der Waals surface area contributed by atoms with Crippen molar-refractivity contribution in [1.29, 1.82) is 0 Å². The Balaban J connectivity index is 2.26. The van der Waals surface area contributed by atoms with Gasteiger partial charge >= 0.3 is 5.97 Å². The number of hydrogen-bond acceptors (Lipinski definition) is 4. The predicted octanol–water partition coefficient (Wildman–Crippen LogP) is -1.13. The van der Waals surface area contributed by atoms with Crippen molar-refractivity contribution in [3.05, 3.63) is 11.8 Å². The van der Waals surface area contributed by atoms with Gasteiger partial charge in [0.05, 0.1) is 6.42 Å². The third-order valence-corrected chi connectivity index (χ3v) is 2.32. The monoisotopic (exact) mass is 198 g/mol. The first-order valence-electron chi connectivity index (χ1n) is 4.26. The summed E-state index contributed by atoms with van der Waals surface area (Å²) in [6.45, 7) is 0.202. The van der Waals surface area contributed by atoms with Gasteiger partial charge in [0, 0.05) is 6.54 Å². The number of carbonyl (C=O) groups is 2. The maximum atomic E-state index is 11.1. The van der Waals surface area contributed by atoms with Crippen LogP contribution in [0, 0.1) is 0 Å². The summed E-state index contributed by atoms with van der Waals surface area (Å²) in [5, 5.41) is 8.89. The molecule has 2 aliphatic heterocycles. The highest BCUT2D eigenvalue weighted by Gasteiger charge is 2.53. The van der Waals surface area contributed by atoms with Crippen molar-refractivity contribution >= 4 is 11.9 Å². The molecule has 0 aromatic carbocycles. The van der Waals surface area contributed by atoms with Crippen molar-refractivity contribution in [3.63, 3.8) is 0 Å². The molecule has 2 atom stereocenters. The molecule has 2 saturated heterocycles. The zero-order chi connectivity index (χ0) is 10.3. The van der Waals surface area contributed by atoms with Crippen molar-refractivity contribution in [3.8, 4) is 0 Å². The van der Waals surface area contributed by atoms with Crippen molar-refractivity contribution < 1.29 is 19.4 Å². The van der Waals surface area contributed by atoms with Crippen LogP contribution in [0.25, 0.3) is 0 Å². The molecule has 0 unspecified atom stereocenters. The summed E-state index contributed by atoms with van der Waals surface area (Å²) in [5.74, 6) is -1.00. The lowest BCUT2D eigenvalue weighted by Gasteiger charge is -2.33. The standard InChI is InChI=1S/C8H10N2O4/c9-2-1-4-7(8(12)13)10-5(11)3-6(10)14-4/h1,6-7H,2-3,9H2,(H,12,13)/b4-1-/t6-,7-/m1/s1. The number of carboxylic acid groups (broad SMARTS) is 1. The number of nitrogens with zero attached hydrogens (tertiary/aromatic N) is 1. The molecule has 2 aliphatic rings. The highest BCUT2D eigenvalue weighted by Crippen LogP contribution is 2.36. The minimum Gasteiger partial charge on any atom is -0.479 e. The topological polar surface area (TPSA) is 92.9 Å². The summed E-state index contributed by atoms with van der Waals surface area (Å²) in [5.41, 5.74) is 5.26. The number of amides is 1. The molecule has 6 nitrogen and oxygen atoms in total. The maximum absolute atomic E-state index is 11.1. The molecule has 2 heterocycles. The minimum atomic E-state index is -1.08. The lowest BCUT2D eigenvalue weighted by atomic mass is 10.1. The second kappa shape index (κ2) is 2.98. The van der Waals surface area contributed by atoms with E-state index in [1.807, 2.05) is 0 Å². The van der Waals surface area contributed by atoms with Gasteiger partial charge in [0.2, 0.25) is 5.91 Å². The fourth-order valence-electron chi connectivity index (χ4n) is 1.69. The molecule has 0 bridgehead atoms. The second-order valence-corrected chi connectivity index (χ2v) is 3.16. The van der Waals surface area contributed by atoms with Crippen molar-refractivity contribution in [2.75, 3.05) is 6.54 Å². The van der Waals surface area contributed by atoms with Gasteiger partial charge < -0.3 is 15.6 Å². The number of fused-ring (bicyclic) bond motifs is 1. The molecule has 6 heteroatoms. The van der Waals surface area contributed by atoms with Crippen LogP contribution in [0.4, 0.5) is 0 Å². The van der Waals surface area contributed by atoms with Gasteiger partial charge in [0.1, 0.15) is 5.76 Å². The Bertz CT molecular complexity index is 325. The smallest absolute Gasteiger partial charge is 0.334 e. The van der Waals surface area contributed by atoms with Crippen LogP contribution in [-0.2, 0) is 14.3 Å². The summed E-state index contributed by atoms with van der Waals surface area (Å²) in [6.07, 6.45) is 1.34. The van der Waals surface area contributed by atoms with Gasteiger partial charge in [-0.25, -0.2) is 4.79 Å². The number of β-lactam (4-membered cyclic amide) rings is 1. The van der Waals surface area contributed by atoms with E-state index >= 15 is 0 Å². The van der Waals surface area contributed by atoms with E-state index in [1.54, 1.807) is 0 Å². The van der Waals surface area contributed by atoms with Crippen LogP contribution in [0.1, 0.15) is 6.42 Å². The van der Waals surface area contributed by atoms with E-state index in [0.717, 1.165) is 0 Å². The number of carbonyl (C=O) groups excluding carboxylic acids is 1. The number of carboxylic acids is 1. The number of hydrogen-bond donors (Lipinski definition) is 2. The van der Waals surface area contributed by atoms with E-state index in [0.29, 0.717) is 0 Å². The van der Waals surface area contributed by atoms with Crippen molar-refractivity contribution in [2.24, 2.45) is 5.73 Å². The maximum Gasteiger partial charge on any atom is 0.334 e. The van der Waals surface area contributed by atoms with Crippen LogP contribution < -0.4 is 5.73 Å². The van der Waals surface area contributed by atoms with E-state index in [1.165, 1.54) is 11.0 Å². The quantitative estimate of drug-likeness (QED) is 0.548. The normalized spacial score (nSPS) is 32.5. The van der Waals surface area contributed by atoms with Gasteiger partial charge in [-0.1, -0.05) is 0 Å². The second-order valence-electron chi connectivity index (χ2n) is 3.16. The van der Waals surface area contributed by atoms with Crippen molar-refractivity contribution in [1.82, 2.24) is 4.90 Å². The van der Waals surface area contributed by atoms with Gasteiger partial charge in [-0.3, -0.25) is 9.69 Å². The van der Waals surface area contributed by atoms with Gasteiger partial charge in [-0.2, -0.15) is 0 Å². The fraction of sp³-hybridized carbons (Fsp3) is 0.500. The summed E-state index contributed by atoms with van der Waals surface area (Å²) >= 11 is 0. The molecule has 14 heavy (non-hydrogen) atoms. The Morgan fingerprint density at radius 3 is 3.00 bits per heavy atom. The number of aliphatic carboxylic acids is 1. The van der Waals surface area contributed by atoms with E-state index < -0.39 is 18.2 Å². The van der Waals surface area contributed by atoms with Gasteiger partial charge in [0.25, 0.3) is 0 Å². The Kier molecular flexibility index (Phi) is 1.92. The third kappa shape index (κ3) is 1.07. The Morgan fingerprint density at radius 1 is 1.79 bits per heavy atom. The van der Waals surface area contributed by atoms with E-state index in [9.17, 15) is 9.59 Å². The summed E-state index contributed by atoms with van der Waals surface area (Å²) in [6, 6.07) is -0.982. The molecule has 0 saturated carbocycles. The van der Waals surface area contributed by atoms with Gasteiger partial charge in [0.15, 0.2) is 12.3 Å². The van der Waals surface area contributed by atoms with Crippen LogP contribution in [-0.4, -0.2) is 40.7 Å². The van der Waals surface area contributed by atoms with Crippen LogP contribution in [0.15, 0.2) is 11.8 Å². The zero-order valence-corrected chi connectivity index (χ0v) is 7.34. The van der Waals surface area contributed by atoms with E-state index in [2.05, 4.69) is 0 Å². The van der Waals surface area contributed by atoms with Crippen molar-refractivity contribution in [2.45, 2.75) is 18.7 Å². The molecule has 76 valence electrons. The number of rotatable bonds is 2. The molecule has 0 aromatic rings. The number of ether oxygens (including phenoxy) is 1. The molecule has 0 radical (unpaired) electrons. The summed E-state index contributed by atoms with van der Waals surface area (Å²) < 4.78 is 5.25. The summed E-state index contributed by atoms with van der Waals surface area (Å²) in [7, 11) is 0. The summed E-state index contributed by atoms with van der Waals surface area (Å²) in [4.78, 5) is 23.2. The molecule has 2 fully saturated rings. The molecular weight excluding hydrogens is 188 g/mol. The van der Waals surface area contributed by atoms with Crippen LogP contribution >= 0.6 is 0 Å². The van der Waals surface area contributed by atoms with Crippen LogP contribution in [0.5, 0.6) is 0 Å². The predicted molar refractivity (Wildman–Crippen MR) is 44.9 cm³/mol. The highest BCUT2D eigenvalue weighted by atomic mass is 16.5. The van der Waals surface area contributed by atoms with Gasteiger partial charge in [-0.05, 0) is 6.08 Å². The lowest BCUT2D eigenvalue weighted by Crippen LogP contribution is -2.54. The van der Waals surface area contributed by atoms with Crippen LogP contribution in [0.3, 0.4) is 0 Å². The van der Waals surface area contributed by atoms with Gasteiger partial charge in [-0.15, -0.1) is 0 Å². The first-order valence-corrected chi connectivity index (χ1v) is 4.26. The largest absolute Gasteiger partial charge is 0.479 e. The zero-order valence-electron chi connectivity index (χ0n) is 7.34. The molecule has 1 amide bonds. The number of nitrogens with two attached hydrogens (primary N) is 1. The molecule has 0 spiro atoms. The van der Waals surface area contributed by atoms with Crippen LogP contribution in [0.2, 0.25) is 0 Å². The van der Waals surface area contributed by atoms with E-state index in [4.69, 9.17) is 15.6 Å². The molecule has 3 N–H and O–H groups in total. The molecule has 2 rings (SSSR count). The first-order chi connectivity index (χ1) is 6.65. The van der Waals surface area contributed by atoms with E-state index in [-0.39, 0.29) is 24.6 Å². The Labute approximate surface area is 79.9 Å². The Morgan fingerprint density at radius 2 is 2.50 bits per heavy atom. The average molecular weight is 198 g/mol. The Hall–Kier alpha value is -1.56. The fourth-order valence-corrected chi connectivity index (χ4v) is 1.69.